The fraction of sp³-hybridized carbons (Fsp3) is 0.364. The fourth-order valence-electron chi connectivity index (χ4n) is 1.25. The van der Waals surface area contributed by atoms with Crippen LogP contribution in [0.25, 0.3) is 0 Å². The third-order valence-electron chi connectivity index (χ3n) is 2.15. The minimum absolute atomic E-state index is 0.157. The highest BCUT2D eigenvalue weighted by atomic mass is 35.5. The van der Waals surface area contributed by atoms with Crippen LogP contribution in [0.3, 0.4) is 0 Å². The molecule has 0 radical (unpaired) electrons. The van der Waals surface area contributed by atoms with Crippen molar-refractivity contribution in [2.45, 2.75) is 13.0 Å². The minimum atomic E-state index is -0.635. The number of carbonyl (C=O) groups is 1. The zero-order chi connectivity index (χ0) is 13.2. The number of anilines is 1. The van der Waals surface area contributed by atoms with Crippen molar-refractivity contribution in [3.8, 4) is 5.75 Å². The lowest BCUT2D eigenvalue weighted by atomic mass is 10.3. The van der Waals surface area contributed by atoms with Crippen molar-refractivity contribution in [3.63, 3.8) is 0 Å². The molecular weight excluding hydrogens is 263 g/mol. The Bertz CT molecular complexity index is 436. The summed E-state index contributed by atoms with van der Waals surface area (Å²) in [5, 5.41) is 0.684. The van der Waals surface area contributed by atoms with Crippen LogP contribution in [0.4, 0.5) is 5.69 Å². The van der Waals surface area contributed by atoms with Crippen LogP contribution in [0.1, 0.15) is 6.92 Å². The van der Waals surface area contributed by atoms with E-state index < -0.39 is 6.10 Å². The maximum atomic E-state index is 11.6. The summed E-state index contributed by atoms with van der Waals surface area (Å²) in [5.74, 6) is 0.192. The summed E-state index contributed by atoms with van der Waals surface area (Å²) < 4.78 is 5.44. The molecule has 2 N–H and O–H groups in total. The quantitative estimate of drug-likeness (QED) is 0.863. The Balaban J connectivity index is 2.89. The van der Waals surface area contributed by atoms with E-state index in [1.54, 1.807) is 21.0 Å². The second-order valence-corrected chi connectivity index (χ2v) is 4.61. The van der Waals surface area contributed by atoms with Crippen LogP contribution < -0.4 is 10.5 Å². The van der Waals surface area contributed by atoms with E-state index >= 15 is 0 Å². The molecule has 4 nitrogen and oxygen atoms in total. The summed E-state index contributed by atoms with van der Waals surface area (Å²) in [7, 11) is 3.31. The van der Waals surface area contributed by atoms with E-state index in [-0.39, 0.29) is 5.91 Å². The smallest absolute Gasteiger partial charge is 0.262 e. The number of nitrogens with zero attached hydrogens (tertiary/aromatic N) is 1. The molecule has 1 amide bonds. The van der Waals surface area contributed by atoms with E-state index in [1.807, 2.05) is 0 Å². The van der Waals surface area contributed by atoms with Crippen molar-refractivity contribution in [2.24, 2.45) is 0 Å². The molecule has 1 rings (SSSR count). The molecule has 0 bridgehead atoms. The Morgan fingerprint density at radius 1 is 1.35 bits per heavy atom. The average molecular weight is 277 g/mol. The normalized spacial score (nSPS) is 12.1. The monoisotopic (exact) mass is 276 g/mol. The molecule has 1 atom stereocenters. The van der Waals surface area contributed by atoms with Gasteiger partial charge in [0.05, 0.1) is 15.7 Å². The first-order chi connectivity index (χ1) is 7.82. The topological polar surface area (TPSA) is 55.6 Å². The first-order valence-corrected chi connectivity index (χ1v) is 5.71. The van der Waals surface area contributed by atoms with Gasteiger partial charge in [-0.3, -0.25) is 4.79 Å². The maximum Gasteiger partial charge on any atom is 0.262 e. The summed E-state index contributed by atoms with van der Waals surface area (Å²) >= 11 is 11.6. The first-order valence-electron chi connectivity index (χ1n) is 4.95. The SMILES string of the molecule is CC(Oc1cc(Cl)c(Cl)cc1N)C(=O)N(C)C. The second kappa shape index (κ2) is 5.47. The lowest BCUT2D eigenvalue weighted by Crippen LogP contribution is -2.35. The van der Waals surface area contributed by atoms with Crippen LogP contribution in [-0.2, 0) is 4.79 Å². The molecule has 0 fully saturated rings. The van der Waals surface area contributed by atoms with Gasteiger partial charge in [0.1, 0.15) is 5.75 Å². The summed E-state index contributed by atoms with van der Waals surface area (Å²) in [6.07, 6.45) is -0.635. The van der Waals surface area contributed by atoms with Gasteiger partial charge in [-0.15, -0.1) is 0 Å². The van der Waals surface area contributed by atoms with Crippen LogP contribution in [0, 0.1) is 0 Å². The molecule has 0 aromatic heterocycles. The molecular formula is C11H14Cl2N2O2. The molecule has 0 heterocycles. The maximum absolute atomic E-state index is 11.6. The van der Waals surface area contributed by atoms with Gasteiger partial charge >= 0.3 is 0 Å². The van der Waals surface area contributed by atoms with Gasteiger partial charge < -0.3 is 15.4 Å². The predicted octanol–water partition coefficient (Wildman–Crippen LogP) is 2.43. The lowest BCUT2D eigenvalue weighted by molar-refractivity contribution is -0.135. The van der Waals surface area contributed by atoms with Crippen molar-refractivity contribution in [1.29, 1.82) is 0 Å². The molecule has 1 aromatic carbocycles. The Labute approximate surface area is 110 Å². The van der Waals surface area contributed by atoms with Crippen molar-refractivity contribution in [2.75, 3.05) is 19.8 Å². The van der Waals surface area contributed by atoms with Gasteiger partial charge in [0.2, 0.25) is 0 Å². The highest BCUT2D eigenvalue weighted by Crippen LogP contribution is 2.32. The zero-order valence-electron chi connectivity index (χ0n) is 9.83. The Hall–Kier alpha value is -1.13. The van der Waals surface area contributed by atoms with Gasteiger partial charge in [-0.05, 0) is 13.0 Å². The van der Waals surface area contributed by atoms with Gasteiger partial charge in [0.15, 0.2) is 6.10 Å². The number of carbonyl (C=O) groups excluding carboxylic acids is 1. The number of benzene rings is 1. The molecule has 6 heteroatoms. The molecule has 17 heavy (non-hydrogen) atoms. The number of halogens is 2. The number of likely N-dealkylation sites (N-methyl/N-ethyl adjacent to an activating group) is 1. The average Bonchev–Trinajstić information content (AvgIpc) is 2.24. The zero-order valence-corrected chi connectivity index (χ0v) is 11.3. The van der Waals surface area contributed by atoms with E-state index in [4.69, 9.17) is 33.7 Å². The number of hydrogen-bond acceptors (Lipinski definition) is 3. The van der Waals surface area contributed by atoms with E-state index in [0.29, 0.717) is 21.5 Å². The van der Waals surface area contributed by atoms with Gasteiger partial charge in [0.25, 0.3) is 5.91 Å². The van der Waals surface area contributed by atoms with Crippen LogP contribution >= 0.6 is 23.2 Å². The fourth-order valence-corrected chi connectivity index (χ4v) is 1.58. The summed E-state index contributed by atoms with van der Waals surface area (Å²) in [5.41, 5.74) is 6.07. The van der Waals surface area contributed by atoms with E-state index in [1.165, 1.54) is 17.0 Å². The van der Waals surface area contributed by atoms with Gasteiger partial charge in [0, 0.05) is 20.2 Å². The highest BCUT2D eigenvalue weighted by Gasteiger charge is 2.18. The first kappa shape index (κ1) is 13.9. The largest absolute Gasteiger partial charge is 0.479 e. The molecule has 0 saturated heterocycles. The lowest BCUT2D eigenvalue weighted by Gasteiger charge is -2.19. The van der Waals surface area contributed by atoms with E-state index in [2.05, 4.69) is 0 Å². The number of nitrogen functional groups attached to an aromatic ring is 1. The number of ether oxygens (including phenoxy) is 1. The minimum Gasteiger partial charge on any atom is -0.479 e. The predicted molar refractivity (Wildman–Crippen MR) is 69.7 cm³/mol. The van der Waals surface area contributed by atoms with Gasteiger partial charge in [-0.2, -0.15) is 0 Å². The van der Waals surface area contributed by atoms with Crippen molar-refractivity contribution < 1.29 is 9.53 Å². The third kappa shape index (κ3) is 3.41. The van der Waals surface area contributed by atoms with E-state index in [9.17, 15) is 4.79 Å². The molecule has 0 aliphatic carbocycles. The highest BCUT2D eigenvalue weighted by molar-refractivity contribution is 6.42. The Kier molecular flexibility index (Phi) is 4.48. The van der Waals surface area contributed by atoms with Crippen molar-refractivity contribution in [3.05, 3.63) is 22.2 Å². The standard InChI is InChI=1S/C11H14Cl2N2O2/c1-6(11(16)15(2)3)17-10-5-8(13)7(12)4-9(10)14/h4-6H,14H2,1-3H3. The molecule has 0 saturated carbocycles. The molecule has 1 unspecified atom stereocenters. The Morgan fingerprint density at radius 3 is 2.41 bits per heavy atom. The summed E-state index contributed by atoms with van der Waals surface area (Å²) in [6.45, 7) is 1.64. The molecule has 1 aromatic rings. The summed E-state index contributed by atoms with van der Waals surface area (Å²) in [6, 6.07) is 2.99. The van der Waals surface area contributed by atoms with Gasteiger partial charge in [-0.1, -0.05) is 23.2 Å². The summed E-state index contributed by atoms with van der Waals surface area (Å²) in [4.78, 5) is 13.1. The molecule has 0 spiro atoms. The van der Waals surface area contributed by atoms with Crippen LogP contribution in [0.2, 0.25) is 10.0 Å². The second-order valence-electron chi connectivity index (χ2n) is 3.80. The van der Waals surface area contributed by atoms with Gasteiger partial charge in [-0.25, -0.2) is 0 Å². The van der Waals surface area contributed by atoms with Crippen LogP contribution in [0.15, 0.2) is 12.1 Å². The molecule has 0 aliphatic heterocycles. The molecule has 94 valence electrons. The van der Waals surface area contributed by atoms with Crippen molar-refractivity contribution >= 4 is 34.8 Å². The number of amides is 1. The number of rotatable bonds is 3. The number of hydrogen-bond donors (Lipinski definition) is 1. The van der Waals surface area contributed by atoms with Crippen LogP contribution in [-0.4, -0.2) is 31.0 Å². The number of nitrogens with two attached hydrogens (primary N) is 1. The molecule has 0 aliphatic rings. The third-order valence-corrected chi connectivity index (χ3v) is 2.87. The Morgan fingerprint density at radius 2 is 1.88 bits per heavy atom. The van der Waals surface area contributed by atoms with E-state index in [0.717, 1.165) is 0 Å². The van der Waals surface area contributed by atoms with Crippen molar-refractivity contribution in [1.82, 2.24) is 4.90 Å². The van der Waals surface area contributed by atoms with Crippen LogP contribution in [0.5, 0.6) is 5.75 Å².